The molecule has 1 N–H and O–H groups in total. The van der Waals surface area contributed by atoms with Crippen molar-refractivity contribution >= 4 is 5.91 Å². The Balaban J connectivity index is 1.26. The Kier molecular flexibility index (Phi) is 2.62. The van der Waals surface area contributed by atoms with Crippen molar-refractivity contribution in [1.29, 1.82) is 0 Å². The zero-order chi connectivity index (χ0) is 12.1. The average molecular weight is 249 g/mol. The molecule has 4 rings (SSSR count). The Morgan fingerprint density at radius 1 is 1.00 bits per heavy atom. The number of hydrogen-bond donors (Lipinski definition) is 1. The van der Waals surface area contributed by atoms with Crippen molar-refractivity contribution in [2.75, 3.05) is 39.3 Å². The van der Waals surface area contributed by atoms with Crippen molar-refractivity contribution in [1.82, 2.24) is 15.1 Å². The molecular formula is C14H23N3O. The number of fused-ring (bicyclic) bond motifs is 1. The van der Waals surface area contributed by atoms with Crippen molar-refractivity contribution in [3.05, 3.63) is 0 Å². The minimum absolute atomic E-state index is 0.387. The van der Waals surface area contributed by atoms with E-state index in [0.717, 1.165) is 51.1 Å². The monoisotopic (exact) mass is 249 g/mol. The van der Waals surface area contributed by atoms with Gasteiger partial charge in [-0.1, -0.05) is 0 Å². The van der Waals surface area contributed by atoms with Gasteiger partial charge in [0.05, 0.1) is 0 Å². The molecule has 0 aromatic rings. The summed E-state index contributed by atoms with van der Waals surface area (Å²) >= 11 is 0. The first-order valence-electron chi connectivity index (χ1n) is 7.55. The lowest BCUT2D eigenvalue weighted by Gasteiger charge is -2.47. The van der Waals surface area contributed by atoms with Gasteiger partial charge in [-0.15, -0.1) is 0 Å². The van der Waals surface area contributed by atoms with E-state index in [1.807, 2.05) is 0 Å². The van der Waals surface area contributed by atoms with E-state index < -0.39 is 0 Å². The number of carbonyl (C=O) groups excluding carboxylic acids is 1. The molecule has 0 bridgehead atoms. The van der Waals surface area contributed by atoms with Crippen LogP contribution in [0.5, 0.6) is 0 Å². The molecule has 2 saturated heterocycles. The molecule has 2 aliphatic carbocycles. The summed E-state index contributed by atoms with van der Waals surface area (Å²) < 4.78 is 0. The molecule has 100 valence electrons. The van der Waals surface area contributed by atoms with Crippen LogP contribution in [0.3, 0.4) is 0 Å². The molecular weight excluding hydrogens is 226 g/mol. The van der Waals surface area contributed by atoms with Gasteiger partial charge in [-0.3, -0.25) is 9.69 Å². The van der Waals surface area contributed by atoms with Gasteiger partial charge in [-0.2, -0.15) is 0 Å². The molecule has 0 spiro atoms. The Hall–Kier alpha value is -0.610. The molecule has 4 aliphatic rings. The van der Waals surface area contributed by atoms with Crippen molar-refractivity contribution in [2.24, 2.45) is 17.8 Å². The maximum atomic E-state index is 12.3. The third kappa shape index (κ3) is 1.86. The molecule has 2 unspecified atom stereocenters. The quantitative estimate of drug-likeness (QED) is 0.756. The Labute approximate surface area is 109 Å². The van der Waals surface area contributed by atoms with Crippen LogP contribution in [0.4, 0.5) is 0 Å². The van der Waals surface area contributed by atoms with E-state index in [1.54, 1.807) is 0 Å². The third-order valence-corrected chi connectivity index (χ3v) is 5.43. The highest BCUT2D eigenvalue weighted by Crippen LogP contribution is 2.54. The summed E-state index contributed by atoms with van der Waals surface area (Å²) in [5.74, 6) is 2.69. The van der Waals surface area contributed by atoms with E-state index in [1.165, 1.54) is 19.3 Å². The molecule has 2 heterocycles. The second-order valence-electron chi connectivity index (χ2n) is 6.61. The first kappa shape index (κ1) is 11.2. The van der Waals surface area contributed by atoms with Gasteiger partial charge in [0.2, 0.25) is 5.91 Å². The van der Waals surface area contributed by atoms with Crippen LogP contribution < -0.4 is 5.32 Å². The van der Waals surface area contributed by atoms with Crippen LogP contribution in [0.25, 0.3) is 0 Å². The normalized spacial score (nSPS) is 40.4. The highest BCUT2D eigenvalue weighted by molar-refractivity contribution is 5.80. The standard InChI is InChI=1S/C14H23N3O/c18-14(12-6-10-5-11(10)7-12)17-8-13(9-17)16-3-1-15-2-4-16/h10-13,15H,1-9H2. The summed E-state index contributed by atoms with van der Waals surface area (Å²) in [6, 6.07) is 0.645. The van der Waals surface area contributed by atoms with E-state index in [9.17, 15) is 4.79 Å². The Morgan fingerprint density at radius 3 is 2.33 bits per heavy atom. The number of likely N-dealkylation sites (tertiary alicyclic amines) is 1. The van der Waals surface area contributed by atoms with E-state index in [2.05, 4.69) is 15.1 Å². The van der Waals surface area contributed by atoms with E-state index in [4.69, 9.17) is 0 Å². The van der Waals surface area contributed by atoms with Gasteiger partial charge in [0, 0.05) is 51.2 Å². The molecule has 18 heavy (non-hydrogen) atoms. The number of piperazine rings is 1. The number of hydrogen-bond acceptors (Lipinski definition) is 3. The molecule has 0 aromatic carbocycles. The van der Waals surface area contributed by atoms with Crippen LogP contribution in [-0.4, -0.2) is 61.0 Å². The molecule has 2 saturated carbocycles. The summed E-state index contributed by atoms with van der Waals surface area (Å²) in [7, 11) is 0. The SMILES string of the molecule is O=C(C1CC2CC2C1)N1CC(N2CCNCC2)C1. The molecule has 4 heteroatoms. The van der Waals surface area contributed by atoms with Gasteiger partial charge in [-0.25, -0.2) is 0 Å². The summed E-state index contributed by atoms with van der Waals surface area (Å²) in [6.07, 6.45) is 3.80. The fourth-order valence-electron chi connectivity index (χ4n) is 4.09. The lowest BCUT2D eigenvalue weighted by Crippen LogP contribution is -2.64. The minimum atomic E-state index is 0.387. The number of carbonyl (C=O) groups is 1. The maximum absolute atomic E-state index is 12.3. The first-order valence-corrected chi connectivity index (χ1v) is 7.55. The molecule has 2 atom stereocenters. The summed E-state index contributed by atoms with van der Waals surface area (Å²) in [5.41, 5.74) is 0. The third-order valence-electron chi connectivity index (χ3n) is 5.43. The van der Waals surface area contributed by atoms with Gasteiger partial charge >= 0.3 is 0 Å². The summed E-state index contributed by atoms with van der Waals surface area (Å²) in [6.45, 7) is 6.50. The Bertz CT molecular complexity index is 337. The van der Waals surface area contributed by atoms with Crippen LogP contribution in [-0.2, 0) is 4.79 Å². The van der Waals surface area contributed by atoms with Gasteiger partial charge in [0.15, 0.2) is 0 Å². The number of amides is 1. The minimum Gasteiger partial charge on any atom is -0.339 e. The highest BCUT2D eigenvalue weighted by Gasteiger charge is 2.50. The van der Waals surface area contributed by atoms with Crippen LogP contribution in [0.1, 0.15) is 19.3 Å². The Morgan fingerprint density at radius 2 is 1.67 bits per heavy atom. The van der Waals surface area contributed by atoms with E-state index in [-0.39, 0.29) is 0 Å². The highest BCUT2D eigenvalue weighted by atomic mass is 16.2. The van der Waals surface area contributed by atoms with Crippen molar-refractivity contribution in [2.45, 2.75) is 25.3 Å². The zero-order valence-corrected chi connectivity index (χ0v) is 11.0. The van der Waals surface area contributed by atoms with Crippen molar-refractivity contribution < 1.29 is 4.79 Å². The maximum Gasteiger partial charge on any atom is 0.225 e. The molecule has 1 amide bonds. The zero-order valence-electron chi connectivity index (χ0n) is 11.0. The molecule has 0 radical (unpaired) electrons. The van der Waals surface area contributed by atoms with Gasteiger partial charge in [0.1, 0.15) is 0 Å². The van der Waals surface area contributed by atoms with Gasteiger partial charge < -0.3 is 10.2 Å². The smallest absolute Gasteiger partial charge is 0.225 e. The lowest BCUT2D eigenvalue weighted by molar-refractivity contribution is -0.143. The topological polar surface area (TPSA) is 35.6 Å². The average Bonchev–Trinajstić information content (AvgIpc) is 2.95. The molecule has 0 aromatic heterocycles. The summed E-state index contributed by atoms with van der Waals surface area (Å²) in [4.78, 5) is 17.0. The molecule has 4 fully saturated rings. The first-order chi connectivity index (χ1) is 8.81. The lowest BCUT2D eigenvalue weighted by atomic mass is 9.97. The molecule has 2 aliphatic heterocycles. The molecule has 4 nitrogen and oxygen atoms in total. The predicted molar refractivity (Wildman–Crippen MR) is 69.1 cm³/mol. The van der Waals surface area contributed by atoms with E-state index in [0.29, 0.717) is 17.9 Å². The number of rotatable bonds is 2. The van der Waals surface area contributed by atoms with Crippen LogP contribution in [0.2, 0.25) is 0 Å². The fourth-order valence-corrected chi connectivity index (χ4v) is 4.09. The number of nitrogens with zero attached hydrogens (tertiary/aromatic N) is 2. The van der Waals surface area contributed by atoms with Gasteiger partial charge in [0.25, 0.3) is 0 Å². The van der Waals surface area contributed by atoms with Crippen LogP contribution in [0, 0.1) is 17.8 Å². The van der Waals surface area contributed by atoms with E-state index >= 15 is 0 Å². The second kappa shape index (κ2) is 4.20. The van der Waals surface area contributed by atoms with Crippen molar-refractivity contribution in [3.63, 3.8) is 0 Å². The van der Waals surface area contributed by atoms with Crippen molar-refractivity contribution in [3.8, 4) is 0 Å². The fraction of sp³-hybridized carbons (Fsp3) is 0.929. The second-order valence-corrected chi connectivity index (χ2v) is 6.61. The van der Waals surface area contributed by atoms with Crippen LogP contribution in [0.15, 0.2) is 0 Å². The van der Waals surface area contributed by atoms with Crippen LogP contribution >= 0.6 is 0 Å². The summed E-state index contributed by atoms with van der Waals surface area (Å²) in [5, 5.41) is 3.38. The predicted octanol–water partition coefficient (Wildman–Crippen LogP) is 0.149. The largest absolute Gasteiger partial charge is 0.339 e. The number of nitrogens with one attached hydrogen (secondary N) is 1. The van der Waals surface area contributed by atoms with Gasteiger partial charge in [-0.05, 0) is 31.1 Å².